The summed E-state index contributed by atoms with van der Waals surface area (Å²) in [4.78, 5) is 1.28. The summed E-state index contributed by atoms with van der Waals surface area (Å²) in [7, 11) is 0. The van der Waals surface area contributed by atoms with Crippen LogP contribution in [-0.4, -0.2) is 11.7 Å². The summed E-state index contributed by atoms with van der Waals surface area (Å²) in [6.07, 6.45) is 2.01. The van der Waals surface area contributed by atoms with Crippen LogP contribution in [0.15, 0.2) is 40.2 Å². The predicted octanol–water partition coefficient (Wildman–Crippen LogP) is 3.43. The Morgan fingerprint density at radius 2 is 2.11 bits per heavy atom. The number of thiophene rings is 1. The van der Waals surface area contributed by atoms with Gasteiger partial charge in [-0.1, -0.05) is 24.3 Å². The van der Waals surface area contributed by atoms with Crippen molar-refractivity contribution >= 4 is 27.3 Å². The Kier molecular flexibility index (Phi) is 3.76. The first-order valence-electron chi connectivity index (χ1n) is 6.42. The summed E-state index contributed by atoms with van der Waals surface area (Å²) in [5.74, 6) is 0. The molecular formula is C15H16BrNOS. The fourth-order valence-corrected chi connectivity index (χ4v) is 4.22. The van der Waals surface area contributed by atoms with Crippen molar-refractivity contribution in [3.8, 4) is 0 Å². The van der Waals surface area contributed by atoms with Crippen LogP contribution in [0.2, 0.25) is 0 Å². The molecule has 2 aromatic rings. The van der Waals surface area contributed by atoms with Crippen LogP contribution in [0.5, 0.6) is 0 Å². The number of rotatable bonds is 4. The third-order valence-corrected chi connectivity index (χ3v) is 5.48. The molecule has 1 aliphatic rings. The second-order valence-corrected chi connectivity index (χ2v) is 7.50. The maximum atomic E-state index is 9.88. The second-order valence-electron chi connectivity index (χ2n) is 4.96. The maximum Gasteiger partial charge on any atom is 0.0701 e. The van der Waals surface area contributed by atoms with Gasteiger partial charge in [0.25, 0.3) is 0 Å². The van der Waals surface area contributed by atoms with Crippen molar-refractivity contribution in [3.05, 3.63) is 56.2 Å². The molecule has 0 radical (unpaired) electrons. The van der Waals surface area contributed by atoms with E-state index in [4.69, 9.17) is 0 Å². The van der Waals surface area contributed by atoms with Gasteiger partial charge in [0.1, 0.15) is 0 Å². The fraction of sp³-hybridized carbons (Fsp3) is 0.333. The number of hydrogen-bond donors (Lipinski definition) is 2. The van der Waals surface area contributed by atoms with E-state index in [0.29, 0.717) is 0 Å². The minimum atomic E-state index is -0.271. The quantitative estimate of drug-likeness (QED) is 0.895. The van der Waals surface area contributed by atoms with Crippen LogP contribution in [0.3, 0.4) is 0 Å². The van der Waals surface area contributed by atoms with Gasteiger partial charge in [0.05, 0.1) is 15.9 Å². The van der Waals surface area contributed by atoms with Crippen molar-refractivity contribution in [1.82, 2.24) is 5.32 Å². The van der Waals surface area contributed by atoms with Crippen molar-refractivity contribution in [1.29, 1.82) is 0 Å². The van der Waals surface area contributed by atoms with Gasteiger partial charge in [0.2, 0.25) is 0 Å². The van der Waals surface area contributed by atoms with Crippen molar-refractivity contribution in [3.63, 3.8) is 0 Å². The Balaban J connectivity index is 1.81. The van der Waals surface area contributed by atoms with E-state index in [2.05, 4.69) is 57.6 Å². The Morgan fingerprint density at radius 1 is 1.26 bits per heavy atom. The lowest BCUT2D eigenvalue weighted by Gasteiger charge is -2.29. The molecule has 1 atom stereocenters. The molecule has 2 N–H and O–H groups in total. The monoisotopic (exact) mass is 337 g/mol. The van der Waals surface area contributed by atoms with Gasteiger partial charge >= 0.3 is 0 Å². The van der Waals surface area contributed by atoms with Gasteiger partial charge in [-0.05, 0) is 52.0 Å². The molecule has 1 aromatic carbocycles. The van der Waals surface area contributed by atoms with Crippen molar-refractivity contribution in [2.45, 2.75) is 24.9 Å². The molecule has 1 aliphatic carbocycles. The van der Waals surface area contributed by atoms with Gasteiger partial charge in [-0.2, -0.15) is 0 Å². The minimum Gasteiger partial charge on any atom is -0.394 e. The molecule has 1 heterocycles. The van der Waals surface area contributed by atoms with E-state index in [1.807, 2.05) is 0 Å². The first kappa shape index (κ1) is 13.3. The smallest absolute Gasteiger partial charge is 0.0701 e. The Hall–Kier alpha value is -0.680. The van der Waals surface area contributed by atoms with Crippen LogP contribution in [0, 0.1) is 0 Å². The number of aliphatic hydroxyl groups excluding tert-OH is 1. The van der Waals surface area contributed by atoms with Crippen LogP contribution >= 0.6 is 27.3 Å². The summed E-state index contributed by atoms with van der Waals surface area (Å²) in [6.45, 7) is 0.946. The zero-order valence-electron chi connectivity index (χ0n) is 10.5. The summed E-state index contributed by atoms with van der Waals surface area (Å²) in [6, 6.07) is 12.6. The van der Waals surface area contributed by atoms with Gasteiger partial charge in [-0.3, -0.25) is 0 Å². The zero-order chi connectivity index (χ0) is 13.3. The van der Waals surface area contributed by atoms with E-state index < -0.39 is 0 Å². The molecule has 1 unspecified atom stereocenters. The lowest BCUT2D eigenvalue weighted by atomic mass is 9.92. The average molecular weight is 338 g/mol. The van der Waals surface area contributed by atoms with Gasteiger partial charge in [0, 0.05) is 11.4 Å². The first-order chi connectivity index (χ1) is 9.23. The Morgan fingerprint density at radius 3 is 2.84 bits per heavy atom. The SMILES string of the molecule is OCC1(NCc2ccc(Br)s2)CCc2ccccc21. The van der Waals surface area contributed by atoms with Gasteiger partial charge in [-0.25, -0.2) is 0 Å². The molecule has 0 fully saturated rings. The molecule has 19 heavy (non-hydrogen) atoms. The summed E-state index contributed by atoms with van der Waals surface area (Å²) in [5, 5.41) is 13.4. The molecule has 0 amide bonds. The lowest BCUT2D eigenvalue weighted by Crippen LogP contribution is -2.43. The maximum absolute atomic E-state index is 9.88. The lowest BCUT2D eigenvalue weighted by molar-refractivity contribution is 0.159. The van der Waals surface area contributed by atoms with Crippen LogP contribution in [-0.2, 0) is 18.5 Å². The number of aryl methyl sites for hydroxylation is 1. The molecular weight excluding hydrogens is 322 g/mol. The standard InChI is InChI=1S/C15H16BrNOS/c16-14-6-5-12(19-14)9-17-15(10-18)8-7-11-3-1-2-4-13(11)15/h1-6,17-18H,7-10H2. The predicted molar refractivity (Wildman–Crippen MR) is 82.4 cm³/mol. The number of halogens is 1. The Bertz CT molecular complexity index is 583. The molecule has 2 nitrogen and oxygen atoms in total. The highest BCUT2D eigenvalue weighted by molar-refractivity contribution is 9.11. The molecule has 0 saturated carbocycles. The first-order valence-corrected chi connectivity index (χ1v) is 8.03. The molecule has 0 saturated heterocycles. The fourth-order valence-electron chi connectivity index (χ4n) is 2.79. The molecule has 3 rings (SSSR count). The van der Waals surface area contributed by atoms with Crippen LogP contribution in [0.25, 0.3) is 0 Å². The van der Waals surface area contributed by atoms with Crippen LogP contribution in [0.4, 0.5) is 0 Å². The zero-order valence-corrected chi connectivity index (χ0v) is 12.9. The summed E-state index contributed by atoms with van der Waals surface area (Å²) in [5.41, 5.74) is 2.34. The number of aliphatic hydroxyl groups is 1. The topological polar surface area (TPSA) is 32.3 Å². The van der Waals surface area contributed by atoms with Gasteiger partial charge in [-0.15, -0.1) is 11.3 Å². The normalized spacial score (nSPS) is 21.6. The van der Waals surface area contributed by atoms with Gasteiger partial charge < -0.3 is 10.4 Å². The number of benzene rings is 1. The van der Waals surface area contributed by atoms with Crippen LogP contribution in [0.1, 0.15) is 22.4 Å². The number of fused-ring (bicyclic) bond motifs is 1. The number of nitrogens with one attached hydrogen (secondary N) is 1. The number of hydrogen-bond acceptors (Lipinski definition) is 3. The van der Waals surface area contributed by atoms with Crippen molar-refractivity contribution in [2.24, 2.45) is 0 Å². The van der Waals surface area contributed by atoms with E-state index in [1.165, 1.54) is 16.0 Å². The minimum absolute atomic E-state index is 0.149. The molecule has 4 heteroatoms. The van der Waals surface area contributed by atoms with E-state index in [1.54, 1.807) is 11.3 Å². The van der Waals surface area contributed by atoms with Crippen molar-refractivity contribution in [2.75, 3.05) is 6.61 Å². The highest BCUT2D eigenvalue weighted by Gasteiger charge is 2.37. The molecule has 1 aromatic heterocycles. The third kappa shape index (κ3) is 2.50. The molecule has 0 spiro atoms. The van der Waals surface area contributed by atoms with E-state index in [0.717, 1.165) is 23.2 Å². The summed E-state index contributed by atoms with van der Waals surface area (Å²) >= 11 is 5.22. The van der Waals surface area contributed by atoms with Gasteiger partial charge in [0.15, 0.2) is 0 Å². The highest BCUT2D eigenvalue weighted by atomic mass is 79.9. The Labute approximate surface area is 125 Å². The second kappa shape index (κ2) is 5.37. The van der Waals surface area contributed by atoms with Crippen LogP contribution < -0.4 is 5.32 Å². The van der Waals surface area contributed by atoms with E-state index >= 15 is 0 Å². The van der Waals surface area contributed by atoms with E-state index in [9.17, 15) is 5.11 Å². The summed E-state index contributed by atoms with van der Waals surface area (Å²) < 4.78 is 1.15. The molecule has 0 bridgehead atoms. The van der Waals surface area contributed by atoms with Crippen molar-refractivity contribution < 1.29 is 5.11 Å². The largest absolute Gasteiger partial charge is 0.394 e. The molecule has 100 valence electrons. The third-order valence-electron chi connectivity index (χ3n) is 3.85. The van der Waals surface area contributed by atoms with E-state index in [-0.39, 0.29) is 12.1 Å². The average Bonchev–Trinajstić information content (AvgIpc) is 3.01. The molecule has 0 aliphatic heterocycles. The highest BCUT2D eigenvalue weighted by Crippen LogP contribution is 2.37.